The molecule has 0 spiro atoms. The molecule has 3 rings (SSSR count). The molecule has 1 aromatic carbocycles. The van der Waals surface area contributed by atoms with Gasteiger partial charge in [0.1, 0.15) is 0 Å². The second kappa shape index (κ2) is 5.69. The summed E-state index contributed by atoms with van der Waals surface area (Å²) in [5.41, 5.74) is 0.738. The van der Waals surface area contributed by atoms with Crippen molar-refractivity contribution in [1.29, 1.82) is 0 Å². The van der Waals surface area contributed by atoms with E-state index < -0.39 is 0 Å². The largest absolute Gasteiger partial charge is 0.332 e. The predicted molar refractivity (Wildman–Crippen MR) is 82.5 cm³/mol. The summed E-state index contributed by atoms with van der Waals surface area (Å²) in [6.45, 7) is 2.02. The molecule has 1 N–H and O–H groups in total. The third-order valence-corrected chi connectivity index (χ3v) is 3.61. The second-order valence-corrected chi connectivity index (χ2v) is 5.23. The molecule has 7 nitrogen and oxygen atoms in total. The first-order valence-corrected chi connectivity index (χ1v) is 7.06. The summed E-state index contributed by atoms with van der Waals surface area (Å²) in [5.74, 6) is 0.707. The molecular weight excluding hydrogens is 282 g/mol. The highest BCUT2D eigenvalue weighted by Gasteiger charge is 2.18. The first-order chi connectivity index (χ1) is 10.6. The molecule has 2 aromatic heterocycles. The van der Waals surface area contributed by atoms with Crippen molar-refractivity contribution in [3.8, 4) is 11.6 Å². The monoisotopic (exact) mass is 299 g/mol. The Kier molecular flexibility index (Phi) is 3.72. The molecule has 0 aliphatic heterocycles. The third kappa shape index (κ3) is 2.50. The van der Waals surface area contributed by atoms with Crippen molar-refractivity contribution in [2.75, 3.05) is 7.05 Å². The predicted octanol–water partition coefficient (Wildman–Crippen LogP) is 1.13. The molecule has 3 aromatic rings. The maximum atomic E-state index is 12.6. The van der Waals surface area contributed by atoms with Gasteiger partial charge in [0, 0.05) is 24.9 Å². The van der Waals surface area contributed by atoms with Gasteiger partial charge < -0.3 is 9.84 Å². The topological polar surface area (TPSA) is 85.8 Å². The Bertz CT molecular complexity index is 868. The number of rotatable bonds is 4. The number of aryl methyl sites for hydroxylation is 1. The van der Waals surface area contributed by atoms with E-state index in [4.69, 9.17) is 4.52 Å². The molecule has 0 saturated heterocycles. The molecule has 7 heteroatoms. The SMILES string of the molecule is CNC(C)Cc1noc(-c2nn(C)c3ccccc3c2=O)n1. The summed E-state index contributed by atoms with van der Waals surface area (Å²) in [6, 6.07) is 7.52. The van der Waals surface area contributed by atoms with Gasteiger partial charge in [-0.05, 0) is 26.1 Å². The minimum absolute atomic E-state index is 0.157. The van der Waals surface area contributed by atoms with Gasteiger partial charge >= 0.3 is 0 Å². The molecule has 0 amide bonds. The molecule has 0 aliphatic carbocycles. The summed E-state index contributed by atoms with van der Waals surface area (Å²) in [4.78, 5) is 16.8. The fourth-order valence-electron chi connectivity index (χ4n) is 2.27. The van der Waals surface area contributed by atoms with Crippen LogP contribution in [0.5, 0.6) is 0 Å². The second-order valence-electron chi connectivity index (χ2n) is 5.23. The van der Waals surface area contributed by atoms with Gasteiger partial charge in [0.2, 0.25) is 5.43 Å². The molecule has 22 heavy (non-hydrogen) atoms. The van der Waals surface area contributed by atoms with Gasteiger partial charge in [-0.25, -0.2) is 0 Å². The highest BCUT2D eigenvalue weighted by Crippen LogP contribution is 2.15. The molecule has 114 valence electrons. The lowest BCUT2D eigenvalue weighted by Crippen LogP contribution is -2.24. The van der Waals surface area contributed by atoms with Crippen LogP contribution in [-0.2, 0) is 13.5 Å². The zero-order valence-corrected chi connectivity index (χ0v) is 12.7. The minimum atomic E-state index is -0.203. The van der Waals surface area contributed by atoms with E-state index in [9.17, 15) is 4.79 Å². The van der Waals surface area contributed by atoms with Crippen molar-refractivity contribution in [2.24, 2.45) is 7.05 Å². The number of aromatic nitrogens is 4. The Morgan fingerprint density at radius 3 is 2.91 bits per heavy atom. The van der Waals surface area contributed by atoms with Gasteiger partial charge in [0.15, 0.2) is 11.5 Å². The molecule has 0 radical (unpaired) electrons. The van der Waals surface area contributed by atoms with E-state index in [1.54, 1.807) is 17.8 Å². The first kappa shape index (κ1) is 14.4. The van der Waals surface area contributed by atoms with E-state index in [1.165, 1.54) is 0 Å². The van der Waals surface area contributed by atoms with Crippen LogP contribution in [0.1, 0.15) is 12.7 Å². The summed E-state index contributed by atoms with van der Waals surface area (Å²) in [6.07, 6.45) is 0.619. The highest BCUT2D eigenvalue weighted by molar-refractivity contribution is 5.80. The normalized spacial score (nSPS) is 12.7. The van der Waals surface area contributed by atoms with E-state index in [0.29, 0.717) is 17.6 Å². The quantitative estimate of drug-likeness (QED) is 0.777. The average molecular weight is 299 g/mol. The van der Waals surface area contributed by atoms with Crippen LogP contribution in [0.4, 0.5) is 0 Å². The van der Waals surface area contributed by atoms with Crippen LogP contribution in [0.25, 0.3) is 22.5 Å². The number of para-hydroxylation sites is 1. The summed E-state index contributed by atoms with van der Waals surface area (Å²) >= 11 is 0. The van der Waals surface area contributed by atoms with Crippen molar-refractivity contribution in [1.82, 2.24) is 25.2 Å². The van der Waals surface area contributed by atoms with Crippen molar-refractivity contribution >= 4 is 10.9 Å². The molecule has 2 heterocycles. The maximum absolute atomic E-state index is 12.6. The Balaban J connectivity index is 2.07. The third-order valence-electron chi connectivity index (χ3n) is 3.61. The van der Waals surface area contributed by atoms with E-state index in [2.05, 4.69) is 20.6 Å². The smallest absolute Gasteiger partial charge is 0.282 e. The number of hydrogen-bond acceptors (Lipinski definition) is 6. The van der Waals surface area contributed by atoms with Crippen molar-refractivity contribution in [3.63, 3.8) is 0 Å². The number of fused-ring (bicyclic) bond motifs is 1. The van der Waals surface area contributed by atoms with E-state index in [0.717, 1.165) is 5.52 Å². The van der Waals surface area contributed by atoms with Gasteiger partial charge in [-0.15, -0.1) is 0 Å². The van der Waals surface area contributed by atoms with Gasteiger partial charge in [-0.3, -0.25) is 9.48 Å². The molecule has 0 aliphatic rings. The lowest BCUT2D eigenvalue weighted by atomic mass is 10.2. The molecule has 0 fully saturated rings. The zero-order valence-electron chi connectivity index (χ0n) is 12.7. The fourth-order valence-corrected chi connectivity index (χ4v) is 2.27. The Morgan fingerprint density at radius 2 is 2.14 bits per heavy atom. The van der Waals surface area contributed by atoms with Gasteiger partial charge in [-0.1, -0.05) is 17.3 Å². The lowest BCUT2D eigenvalue weighted by molar-refractivity contribution is 0.416. The van der Waals surface area contributed by atoms with Gasteiger partial charge in [0.25, 0.3) is 5.89 Å². The van der Waals surface area contributed by atoms with Crippen LogP contribution >= 0.6 is 0 Å². The Hall–Kier alpha value is -2.54. The van der Waals surface area contributed by atoms with Gasteiger partial charge in [-0.2, -0.15) is 10.1 Å². The van der Waals surface area contributed by atoms with Crippen LogP contribution < -0.4 is 10.7 Å². The van der Waals surface area contributed by atoms with E-state index >= 15 is 0 Å². The molecular formula is C15H17N5O2. The van der Waals surface area contributed by atoms with Crippen molar-refractivity contribution in [3.05, 3.63) is 40.3 Å². The lowest BCUT2D eigenvalue weighted by Gasteiger charge is -2.05. The van der Waals surface area contributed by atoms with E-state index in [-0.39, 0.29) is 23.1 Å². The van der Waals surface area contributed by atoms with Crippen molar-refractivity contribution in [2.45, 2.75) is 19.4 Å². The number of likely N-dealkylation sites (N-methyl/N-ethyl adjacent to an activating group) is 1. The molecule has 0 bridgehead atoms. The standard InChI is InChI=1S/C15H17N5O2/c1-9(16-2)8-12-17-15(22-19-12)13-14(21)10-6-4-5-7-11(10)20(3)18-13/h4-7,9,16H,8H2,1-3H3. The van der Waals surface area contributed by atoms with Crippen LogP contribution in [0.15, 0.2) is 33.6 Å². The highest BCUT2D eigenvalue weighted by atomic mass is 16.5. The summed E-state index contributed by atoms with van der Waals surface area (Å²) < 4.78 is 6.86. The van der Waals surface area contributed by atoms with Crippen LogP contribution in [0.3, 0.4) is 0 Å². The fraction of sp³-hybridized carbons (Fsp3) is 0.333. The Morgan fingerprint density at radius 1 is 1.36 bits per heavy atom. The molecule has 0 saturated carbocycles. The van der Waals surface area contributed by atoms with Crippen molar-refractivity contribution < 1.29 is 4.52 Å². The maximum Gasteiger partial charge on any atom is 0.282 e. The van der Waals surface area contributed by atoms with E-state index in [1.807, 2.05) is 32.2 Å². The minimum Gasteiger partial charge on any atom is -0.332 e. The molecule has 1 atom stereocenters. The number of benzene rings is 1. The number of nitrogens with zero attached hydrogens (tertiary/aromatic N) is 4. The summed E-state index contributed by atoms with van der Waals surface area (Å²) in [7, 11) is 3.65. The number of hydrogen-bond donors (Lipinski definition) is 1. The van der Waals surface area contributed by atoms with Crippen LogP contribution in [0.2, 0.25) is 0 Å². The zero-order chi connectivity index (χ0) is 15.7. The average Bonchev–Trinajstić information content (AvgIpc) is 2.99. The van der Waals surface area contributed by atoms with Crippen LogP contribution in [-0.4, -0.2) is 33.0 Å². The summed E-state index contributed by atoms with van der Waals surface area (Å²) in [5, 5.41) is 11.9. The Labute approximate surface area is 127 Å². The van der Waals surface area contributed by atoms with Crippen LogP contribution in [0, 0.1) is 0 Å². The van der Waals surface area contributed by atoms with Gasteiger partial charge in [0.05, 0.1) is 5.52 Å². The first-order valence-electron chi connectivity index (χ1n) is 7.06. The molecule has 1 unspecified atom stereocenters. The number of nitrogens with one attached hydrogen (secondary N) is 1.